The molecule has 17 heavy (non-hydrogen) atoms. The summed E-state index contributed by atoms with van der Waals surface area (Å²) in [5, 5.41) is 12.8. The van der Waals surface area contributed by atoms with Crippen molar-refractivity contribution in [1.82, 2.24) is 0 Å². The third kappa shape index (κ3) is 3.02. The minimum Gasteiger partial charge on any atom is -0.462 e. The largest absolute Gasteiger partial charge is 0.462 e. The summed E-state index contributed by atoms with van der Waals surface area (Å²) in [7, 11) is 0. The predicted octanol–water partition coefficient (Wildman–Crippen LogP) is 3.35. The van der Waals surface area contributed by atoms with Gasteiger partial charge < -0.3 is 14.8 Å². The van der Waals surface area contributed by atoms with Crippen molar-refractivity contribution in [1.29, 1.82) is 0 Å². The first-order valence-corrected chi connectivity index (χ1v) is 5.75. The lowest BCUT2D eigenvalue weighted by Crippen LogP contribution is -1.99. The van der Waals surface area contributed by atoms with Gasteiger partial charge in [-0.3, -0.25) is 0 Å². The number of furan rings is 1. The molecule has 1 aromatic carbocycles. The van der Waals surface area contributed by atoms with E-state index in [1.54, 1.807) is 6.07 Å². The number of aliphatic hydroxyl groups is 1. The number of rotatable bonds is 4. The van der Waals surface area contributed by atoms with E-state index < -0.39 is 0 Å². The van der Waals surface area contributed by atoms with Crippen molar-refractivity contribution in [3.05, 3.63) is 52.4 Å². The molecule has 90 valence electrons. The summed E-state index contributed by atoms with van der Waals surface area (Å²) in [5.74, 6) is 1.34. The molecule has 0 amide bonds. The fraction of sp³-hybridized carbons (Fsp3) is 0.231. The van der Waals surface area contributed by atoms with Crippen LogP contribution in [-0.4, -0.2) is 5.11 Å². The van der Waals surface area contributed by atoms with Gasteiger partial charge in [0.2, 0.25) is 0 Å². The Morgan fingerprint density at radius 1 is 1.24 bits per heavy atom. The summed E-state index contributed by atoms with van der Waals surface area (Å²) < 4.78 is 5.37. The molecule has 0 radical (unpaired) electrons. The number of benzene rings is 1. The molecule has 1 aromatic heterocycles. The van der Waals surface area contributed by atoms with E-state index in [2.05, 4.69) is 5.32 Å². The van der Waals surface area contributed by atoms with E-state index in [1.165, 1.54) is 0 Å². The SMILES string of the molecule is Cc1ccc(Cl)c(NCc2ccc(CO)o2)c1. The lowest BCUT2D eigenvalue weighted by Gasteiger charge is -2.07. The zero-order chi connectivity index (χ0) is 12.3. The summed E-state index contributed by atoms with van der Waals surface area (Å²) in [4.78, 5) is 0. The molecule has 0 aliphatic heterocycles. The van der Waals surface area contributed by atoms with Crippen molar-refractivity contribution in [3.63, 3.8) is 0 Å². The zero-order valence-corrected chi connectivity index (χ0v) is 10.3. The summed E-state index contributed by atoms with van der Waals surface area (Å²) >= 11 is 6.06. The molecular formula is C13H14ClNO2. The van der Waals surface area contributed by atoms with E-state index in [4.69, 9.17) is 21.1 Å². The molecule has 2 aromatic rings. The number of aryl methyl sites for hydroxylation is 1. The van der Waals surface area contributed by atoms with Crippen LogP contribution in [0.4, 0.5) is 5.69 Å². The van der Waals surface area contributed by atoms with Gasteiger partial charge >= 0.3 is 0 Å². The van der Waals surface area contributed by atoms with Crippen LogP contribution in [0.3, 0.4) is 0 Å². The highest BCUT2D eigenvalue weighted by molar-refractivity contribution is 6.33. The monoisotopic (exact) mass is 251 g/mol. The molecule has 0 aliphatic carbocycles. The molecule has 2 N–H and O–H groups in total. The van der Waals surface area contributed by atoms with Gasteiger partial charge in [0.05, 0.1) is 17.3 Å². The maximum Gasteiger partial charge on any atom is 0.129 e. The molecular weight excluding hydrogens is 238 g/mol. The van der Waals surface area contributed by atoms with E-state index in [-0.39, 0.29) is 6.61 Å². The Morgan fingerprint density at radius 2 is 2.00 bits per heavy atom. The summed E-state index contributed by atoms with van der Waals surface area (Å²) in [6, 6.07) is 9.40. The maximum absolute atomic E-state index is 8.88. The van der Waals surface area contributed by atoms with Crippen molar-refractivity contribution in [2.75, 3.05) is 5.32 Å². The molecule has 0 unspecified atom stereocenters. The topological polar surface area (TPSA) is 45.4 Å². The first-order chi connectivity index (χ1) is 8.19. The summed E-state index contributed by atoms with van der Waals surface area (Å²) in [5.41, 5.74) is 2.03. The number of hydrogen-bond donors (Lipinski definition) is 2. The fourth-order valence-electron chi connectivity index (χ4n) is 1.56. The van der Waals surface area contributed by atoms with Gasteiger partial charge in [-0.2, -0.15) is 0 Å². The normalized spacial score (nSPS) is 10.5. The summed E-state index contributed by atoms with van der Waals surface area (Å²) in [6.45, 7) is 2.48. The lowest BCUT2D eigenvalue weighted by molar-refractivity contribution is 0.244. The Labute approximate surface area is 105 Å². The van der Waals surface area contributed by atoms with Crippen molar-refractivity contribution >= 4 is 17.3 Å². The van der Waals surface area contributed by atoms with Crippen molar-refractivity contribution < 1.29 is 9.52 Å². The molecule has 1 heterocycles. The van der Waals surface area contributed by atoms with Crippen LogP contribution in [0.25, 0.3) is 0 Å². The Hall–Kier alpha value is -1.45. The fourth-order valence-corrected chi connectivity index (χ4v) is 1.74. The predicted molar refractivity (Wildman–Crippen MR) is 68.1 cm³/mol. The minimum absolute atomic E-state index is 0.0782. The molecule has 2 rings (SSSR count). The second-order valence-electron chi connectivity index (χ2n) is 3.86. The third-order valence-corrected chi connectivity index (χ3v) is 2.78. The Morgan fingerprint density at radius 3 is 2.71 bits per heavy atom. The first-order valence-electron chi connectivity index (χ1n) is 5.37. The van der Waals surface area contributed by atoms with Crippen LogP contribution < -0.4 is 5.32 Å². The standard InChI is InChI=1S/C13H14ClNO2/c1-9-2-5-12(14)13(6-9)15-7-10-3-4-11(8-16)17-10/h2-6,15-16H,7-8H2,1H3. The molecule has 0 fully saturated rings. The van der Waals surface area contributed by atoms with E-state index in [1.807, 2.05) is 31.2 Å². The van der Waals surface area contributed by atoms with Gasteiger partial charge in [0.15, 0.2) is 0 Å². The molecule has 0 aliphatic rings. The number of anilines is 1. The van der Waals surface area contributed by atoms with E-state index in [0.29, 0.717) is 17.3 Å². The second-order valence-corrected chi connectivity index (χ2v) is 4.27. The van der Waals surface area contributed by atoms with Crippen LogP contribution in [0.5, 0.6) is 0 Å². The Bertz CT molecular complexity index is 508. The molecule has 3 nitrogen and oxygen atoms in total. The molecule has 0 bridgehead atoms. The molecule has 0 saturated carbocycles. The Balaban J connectivity index is 2.04. The van der Waals surface area contributed by atoms with Gasteiger partial charge in [-0.05, 0) is 36.8 Å². The maximum atomic E-state index is 8.88. The molecule has 0 spiro atoms. The number of halogens is 1. The van der Waals surface area contributed by atoms with Gasteiger partial charge in [-0.1, -0.05) is 17.7 Å². The Kier molecular flexibility index (Phi) is 3.71. The molecule has 0 atom stereocenters. The van der Waals surface area contributed by atoms with Gasteiger partial charge in [0, 0.05) is 0 Å². The van der Waals surface area contributed by atoms with Crippen LogP contribution >= 0.6 is 11.6 Å². The smallest absolute Gasteiger partial charge is 0.129 e. The number of nitrogens with one attached hydrogen (secondary N) is 1. The van der Waals surface area contributed by atoms with Gasteiger partial charge in [0.1, 0.15) is 18.1 Å². The van der Waals surface area contributed by atoms with E-state index in [9.17, 15) is 0 Å². The molecule has 4 heteroatoms. The first kappa shape index (κ1) is 12.0. The van der Waals surface area contributed by atoms with Crippen LogP contribution in [0, 0.1) is 6.92 Å². The van der Waals surface area contributed by atoms with Crippen LogP contribution in [0.1, 0.15) is 17.1 Å². The second kappa shape index (κ2) is 5.25. The van der Waals surface area contributed by atoms with E-state index >= 15 is 0 Å². The van der Waals surface area contributed by atoms with Crippen molar-refractivity contribution in [2.45, 2.75) is 20.1 Å². The highest BCUT2D eigenvalue weighted by Crippen LogP contribution is 2.23. The highest BCUT2D eigenvalue weighted by atomic mass is 35.5. The van der Waals surface area contributed by atoms with Crippen LogP contribution in [0.2, 0.25) is 5.02 Å². The van der Waals surface area contributed by atoms with Crippen molar-refractivity contribution in [2.24, 2.45) is 0 Å². The van der Waals surface area contributed by atoms with Gasteiger partial charge in [-0.25, -0.2) is 0 Å². The number of hydrogen-bond acceptors (Lipinski definition) is 3. The van der Waals surface area contributed by atoms with E-state index in [0.717, 1.165) is 17.0 Å². The zero-order valence-electron chi connectivity index (χ0n) is 9.53. The number of aliphatic hydroxyl groups excluding tert-OH is 1. The van der Waals surface area contributed by atoms with Crippen LogP contribution in [-0.2, 0) is 13.2 Å². The molecule has 0 saturated heterocycles. The average molecular weight is 252 g/mol. The highest BCUT2D eigenvalue weighted by Gasteiger charge is 2.03. The van der Waals surface area contributed by atoms with Gasteiger partial charge in [-0.15, -0.1) is 0 Å². The third-order valence-electron chi connectivity index (χ3n) is 2.45. The minimum atomic E-state index is -0.0782. The summed E-state index contributed by atoms with van der Waals surface area (Å²) in [6.07, 6.45) is 0. The van der Waals surface area contributed by atoms with Crippen molar-refractivity contribution in [3.8, 4) is 0 Å². The van der Waals surface area contributed by atoms with Crippen LogP contribution in [0.15, 0.2) is 34.7 Å². The lowest BCUT2D eigenvalue weighted by atomic mass is 10.2. The average Bonchev–Trinajstić information content (AvgIpc) is 2.78. The van der Waals surface area contributed by atoms with Gasteiger partial charge in [0.25, 0.3) is 0 Å². The quantitative estimate of drug-likeness (QED) is 0.876.